The van der Waals surface area contributed by atoms with Crippen LogP contribution in [-0.2, 0) is 19.7 Å². The number of nitrogens with one attached hydrogen (secondary N) is 1. The Balaban J connectivity index is 1.53. The monoisotopic (exact) mass is 292 g/mol. The minimum atomic E-state index is -0.354. The standard InChI is InChI=1S/C15H17FN2OS/c16-14-4-1-10(5-12(14)9-19)6-17-7-13-8-18-15(20-13)11-2-3-11/h1,4-5,8,11,17,19H,2-3,6-7,9H2. The van der Waals surface area contributed by atoms with E-state index in [1.165, 1.54) is 28.8 Å². The maximum atomic E-state index is 13.3. The van der Waals surface area contributed by atoms with Crippen LogP contribution in [0.1, 0.15) is 39.8 Å². The number of aromatic nitrogens is 1. The van der Waals surface area contributed by atoms with Gasteiger partial charge >= 0.3 is 0 Å². The van der Waals surface area contributed by atoms with E-state index < -0.39 is 0 Å². The van der Waals surface area contributed by atoms with Gasteiger partial charge in [-0.15, -0.1) is 11.3 Å². The topological polar surface area (TPSA) is 45.1 Å². The molecule has 0 unspecified atom stereocenters. The van der Waals surface area contributed by atoms with E-state index in [1.54, 1.807) is 23.5 Å². The summed E-state index contributed by atoms with van der Waals surface area (Å²) < 4.78 is 13.3. The highest BCUT2D eigenvalue weighted by atomic mass is 32.1. The van der Waals surface area contributed by atoms with Crippen molar-refractivity contribution < 1.29 is 9.50 Å². The SMILES string of the molecule is OCc1cc(CNCc2cnc(C3CC3)s2)ccc1F. The number of benzene rings is 1. The summed E-state index contributed by atoms with van der Waals surface area (Å²) in [5, 5.41) is 13.6. The first-order valence-electron chi connectivity index (χ1n) is 6.79. The van der Waals surface area contributed by atoms with Gasteiger partial charge in [0, 0.05) is 35.6 Å². The third-order valence-electron chi connectivity index (χ3n) is 3.41. The number of nitrogens with zero attached hydrogens (tertiary/aromatic N) is 1. The van der Waals surface area contributed by atoms with Crippen molar-refractivity contribution in [2.45, 2.75) is 38.5 Å². The van der Waals surface area contributed by atoms with Gasteiger partial charge in [-0.1, -0.05) is 6.07 Å². The Labute approximate surface area is 121 Å². The highest BCUT2D eigenvalue weighted by molar-refractivity contribution is 7.11. The molecule has 1 saturated carbocycles. The maximum absolute atomic E-state index is 13.3. The Morgan fingerprint density at radius 3 is 2.95 bits per heavy atom. The van der Waals surface area contributed by atoms with Gasteiger partial charge in [0.2, 0.25) is 0 Å². The average Bonchev–Trinajstić information content (AvgIpc) is 3.21. The minimum absolute atomic E-state index is 0.265. The molecule has 1 aliphatic rings. The minimum Gasteiger partial charge on any atom is -0.392 e. The van der Waals surface area contributed by atoms with E-state index in [0.717, 1.165) is 12.1 Å². The summed E-state index contributed by atoms with van der Waals surface area (Å²) in [4.78, 5) is 5.67. The van der Waals surface area contributed by atoms with Crippen LogP contribution >= 0.6 is 11.3 Å². The third kappa shape index (κ3) is 3.23. The summed E-state index contributed by atoms with van der Waals surface area (Å²) in [6.07, 6.45) is 4.49. The molecule has 3 nitrogen and oxygen atoms in total. The number of hydrogen-bond acceptors (Lipinski definition) is 4. The van der Waals surface area contributed by atoms with E-state index in [0.29, 0.717) is 18.0 Å². The molecule has 1 aliphatic carbocycles. The van der Waals surface area contributed by atoms with Gasteiger partial charge in [0.05, 0.1) is 11.6 Å². The molecule has 0 amide bonds. The van der Waals surface area contributed by atoms with E-state index in [-0.39, 0.29) is 12.4 Å². The van der Waals surface area contributed by atoms with E-state index in [4.69, 9.17) is 5.11 Å². The zero-order chi connectivity index (χ0) is 13.9. The second kappa shape index (κ2) is 5.99. The molecule has 2 aromatic rings. The molecular weight excluding hydrogens is 275 g/mol. The molecule has 0 radical (unpaired) electrons. The van der Waals surface area contributed by atoms with Crippen LogP contribution in [0.5, 0.6) is 0 Å². The molecule has 106 valence electrons. The van der Waals surface area contributed by atoms with Gasteiger partial charge in [0.25, 0.3) is 0 Å². The molecule has 1 aromatic heterocycles. The molecule has 3 rings (SSSR count). The largest absolute Gasteiger partial charge is 0.392 e. The smallest absolute Gasteiger partial charge is 0.128 e. The predicted octanol–water partition coefficient (Wildman–Crippen LogP) is 2.94. The van der Waals surface area contributed by atoms with Gasteiger partial charge in [-0.05, 0) is 30.5 Å². The number of hydrogen-bond donors (Lipinski definition) is 2. The van der Waals surface area contributed by atoms with Crippen molar-refractivity contribution in [1.82, 2.24) is 10.3 Å². The number of aliphatic hydroxyl groups excluding tert-OH is 1. The maximum Gasteiger partial charge on any atom is 0.128 e. The zero-order valence-electron chi connectivity index (χ0n) is 11.1. The first-order chi connectivity index (χ1) is 9.76. The third-order valence-corrected chi connectivity index (χ3v) is 4.57. The van der Waals surface area contributed by atoms with Gasteiger partial charge < -0.3 is 10.4 Å². The number of rotatable bonds is 6. The molecule has 2 N–H and O–H groups in total. The van der Waals surface area contributed by atoms with Crippen LogP contribution < -0.4 is 5.32 Å². The zero-order valence-corrected chi connectivity index (χ0v) is 11.9. The Kier molecular flexibility index (Phi) is 4.10. The lowest BCUT2D eigenvalue weighted by molar-refractivity contribution is 0.275. The Morgan fingerprint density at radius 1 is 1.35 bits per heavy atom. The summed E-state index contributed by atoms with van der Waals surface area (Å²) >= 11 is 1.78. The van der Waals surface area contributed by atoms with Crippen LogP contribution in [0.25, 0.3) is 0 Å². The van der Waals surface area contributed by atoms with E-state index >= 15 is 0 Å². The fraction of sp³-hybridized carbons (Fsp3) is 0.400. The lowest BCUT2D eigenvalue weighted by Crippen LogP contribution is -2.12. The van der Waals surface area contributed by atoms with Crippen LogP contribution in [0.3, 0.4) is 0 Å². The van der Waals surface area contributed by atoms with Crippen molar-refractivity contribution >= 4 is 11.3 Å². The van der Waals surface area contributed by atoms with Gasteiger partial charge in [-0.3, -0.25) is 0 Å². The quantitative estimate of drug-likeness (QED) is 0.860. The highest BCUT2D eigenvalue weighted by Crippen LogP contribution is 2.41. The molecule has 1 heterocycles. The molecular formula is C15H17FN2OS. The first kappa shape index (κ1) is 13.7. The molecule has 1 aromatic carbocycles. The van der Waals surface area contributed by atoms with Gasteiger partial charge in [-0.2, -0.15) is 0 Å². The first-order valence-corrected chi connectivity index (χ1v) is 7.61. The predicted molar refractivity (Wildman–Crippen MR) is 77.0 cm³/mol. The fourth-order valence-electron chi connectivity index (χ4n) is 2.11. The Bertz CT molecular complexity index is 595. The molecule has 0 saturated heterocycles. The summed E-state index contributed by atoms with van der Waals surface area (Å²) in [6, 6.07) is 4.84. The van der Waals surface area contributed by atoms with E-state index in [2.05, 4.69) is 10.3 Å². The Morgan fingerprint density at radius 2 is 2.20 bits per heavy atom. The van der Waals surface area contributed by atoms with Gasteiger partial charge in [-0.25, -0.2) is 9.37 Å². The van der Waals surface area contributed by atoms with Crippen molar-refractivity contribution in [1.29, 1.82) is 0 Å². The van der Waals surface area contributed by atoms with Crippen LogP contribution in [0.15, 0.2) is 24.4 Å². The van der Waals surface area contributed by atoms with Crippen molar-refractivity contribution in [3.05, 3.63) is 51.2 Å². The average molecular weight is 292 g/mol. The normalized spacial score (nSPS) is 14.7. The number of thiazole rings is 1. The van der Waals surface area contributed by atoms with E-state index in [9.17, 15) is 4.39 Å². The van der Waals surface area contributed by atoms with E-state index in [1.807, 2.05) is 6.20 Å². The van der Waals surface area contributed by atoms with Crippen molar-refractivity contribution in [3.8, 4) is 0 Å². The summed E-state index contributed by atoms with van der Waals surface area (Å²) in [5.41, 5.74) is 1.32. The van der Waals surface area contributed by atoms with Gasteiger partial charge in [0.15, 0.2) is 0 Å². The number of halogens is 1. The summed E-state index contributed by atoms with van der Waals surface area (Å²) in [7, 11) is 0. The molecule has 0 atom stereocenters. The van der Waals surface area contributed by atoms with Crippen molar-refractivity contribution in [2.24, 2.45) is 0 Å². The molecule has 0 spiro atoms. The second-order valence-corrected chi connectivity index (χ2v) is 6.27. The molecule has 1 fully saturated rings. The van der Waals surface area contributed by atoms with Crippen molar-refractivity contribution in [3.63, 3.8) is 0 Å². The lowest BCUT2D eigenvalue weighted by atomic mass is 10.1. The van der Waals surface area contributed by atoms with Crippen LogP contribution in [0.4, 0.5) is 4.39 Å². The van der Waals surface area contributed by atoms with Crippen LogP contribution in [0, 0.1) is 5.82 Å². The summed E-state index contributed by atoms with van der Waals surface area (Å²) in [5.74, 6) is 0.353. The Hall–Kier alpha value is -1.30. The highest BCUT2D eigenvalue weighted by Gasteiger charge is 2.26. The molecule has 20 heavy (non-hydrogen) atoms. The summed E-state index contributed by atoms with van der Waals surface area (Å²) in [6.45, 7) is 1.17. The fourth-order valence-corrected chi connectivity index (χ4v) is 3.17. The van der Waals surface area contributed by atoms with Crippen LogP contribution in [-0.4, -0.2) is 10.1 Å². The molecule has 5 heteroatoms. The second-order valence-electron chi connectivity index (χ2n) is 5.13. The molecule has 0 aliphatic heterocycles. The van der Waals surface area contributed by atoms with Crippen LogP contribution in [0.2, 0.25) is 0 Å². The van der Waals surface area contributed by atoms with Gasteiger partial charge in [0.1, 0.15) is 5.82 Å². The van der Waals surface area contributed by atoms with Crippen molar-refractivity contribution in [2.75, 3.05) is 0 Å². The number of aliphatic hydroxyl groups is 1. The molecule has 0 bridgehead atoms. The lowest BCUT2D eigenvalue weighted by Gasteiger charge is -2.06.